The number of amides is 3. The Morgan fingerprint density at radius 1 is 1.40 bits per heavy atom. The molecule has 0 unspecified atom stereocenters. The third kappa shape index (κ3) is 3.42. The van der Waals surface area contributed by atoms with Crippen LogP contribution in [0, 0.1) is 5.92 Å². The van der Waals surface area contributed by atoms with Gasteiger partial charge >= 0.3 is 6.03 Å². The first kappa shape index (κ1) is 17.9. The van der Waals surface area contributed by atoms with Crippen molar-refractivity contribution in [2.24, 2.45) is 13.0 Å². The van der Waals surface area contributed by atoms with E-state index in [2.05, 4.69) is 15.3 Å². The van der Waals surface area contributed by atoms with Gasteiger partial charge in [-0.25, -0.2) is 4.79 Å². The van der Waals surface area contributed by atoms with Crippen molar-refractivity contribution in [3.05, 3.63) is 18.0 Å². The van der Waals surface area contributed by atoms with Crippen molar-refractivity contribution in [2.45, 2.75) is 51.6 Å². The number of urea groups is 1. The second-order valence-corrected chi connectivity index (χ2v) is 7.81. The topological polar surface area (TPSA) is 70.5 Å². The van der Waals surface area contributed by atoms with Gasteiger partial charge in [0, 0.05) is 38.3 Å². The lowest BCUT2D eigenvalue weighted by atomic mass is 9.79. The Kier molecular flexibility index (Phi) is 4.86. The second-order valence-electron chi connectivity index (χ2n) is 7.81. The van der Waals surface area contributed by atoms with E-state index in [1.807, 2.05) is 44.9 Å². The monoisotopic (exact) mass is 347 g/mol. The number of carbonyl (C=O) groups excluding carboxylic acids is 2. The molecule has 3 amide bonds. The fraction of sp³-hybridized carbons (Fsp3) is 0.722. The number of imide groups is 1. The Hall–Kier alpha value is -1.89. The average Bonchev–Trinajstić information content (AvgIpc) is 3.07. The van der Waals surface area contributed by atoms with Gasteiger partial charge in [0.15, 0.2) is 0 Å². The first-order valence-corrected chi connectivity index (χ1v) is 9.17. The summed E-state index contributed by atoms with van der Waals surface area (Å²) in [5, 5.41) is 7.19. The van der Waals surface area contributed by atoms with Crippen molar-refractivity contribution in [1.82, 2.24) is 24.9 Å². The first-order chi connectivity index (χ1) is 11.8. The van der Waals surface area contributed by atoms with Crippen LogP contribution >= 0.6 is 0 Å². The van der Waals surface area contributed by atoms with Crippen molar-refractivity contribution in [2.75, 3.05) is 19.6 Å². The lowest BCUT2D eigenvalue weighted by Gasteiger charge is -2.40. The van der Waals surface area contributed by atoms with Gasteiger partial charge in [0.2, 0.25) is 0 Å². The molecule has 1 aromatic heterocycles. The molecule has 2 aliphatic heterocycles. The number of nitrogens with zero attached hydrogens (tertiary/aromatic N) is 4. The van der Waals surface area contributed by atoms with E-state index in [1.54, 1.807) is 0 Å². The maximum atomic E-state index is 12.9. The summed E-state index contributed by atoms with van der Waals surface area (Å²) in [5.41, 5.74) is 0.445. The molecule has 138 valence electrons. The van der Waals surface area contributed by atoms with Gasteiger partial charge < -0.3 is 10.2 Å². The van der Waals surface area contributed by atoms with Gasteiger partial charge in [-0.15, -0.1) is 0 Å². The van der Waals surface area contributed by atoms with E-state index >= 15 is 0 Å². The van der Waals surface area contributed by atoms with E-state index in [1.165, 1.54) is 10.5 Å². The van der Waals surface area contributed by atoms with Crippen LogP contribution in [0.15, 0.2) is 12.4 Å². The summed E-state index contributed by atoms with van der Waals surface area (Å²) in [6, 6.07) is -0.366. The molecule has 1 aromatic rings. The highest BCUT2D eigenvalue weighted by atomic mass is 16.2. The molecule has 2 fully saturated rings. The number of aromatic nitrogens is 2. The minimum absolute atomic E-state index is 0.0772. The summed E-state index contributed by atoms with van der Waals surface area (Å²) in [4.78, 5) is 28.9. The van der Waals surface area contributed by atoms with E-state index < -0.39 is 5.54 Å². The number of carbonyl (C=O) groups is 2. The Bertz CT molecular complexity index is 656. The minimum Gasteiger partial charge on any atom is -0.323 e. The molecule has 0 spiro atoms. The number of likely N-dealkylation sites (tertiary alicyclic amines) is 1. The summed E-state index contributed by atoms with van der Waals surface area (Å²) in [6.07, 6.45) is 6.93. The van der Waals surface area contributed by atoms with Crippen LogP contribution in [-0.4, -0.2) is 62.7 Å². The summed E-state index contributed by atoms with van der Waals surface area (Å²) in [5.74, 6) is 0.0713. The smallest absolute Gasteiger partial charge is 0.323 e. The maximum absolute atomic E-state index is 12.9. The highest BCUT2D eigenvalue weighted by molar-refractivity contribution is 6.07. The zero-order chi connectivity index (χ0) is 18.2. The van der Waals surface area contributed by atoms with Gasteiger partial charge in [0.05, 0.1) is 6.20 Å². The van der Waals surface area contributed by atoms with Crippen molar-refractivity contribution < 1.29 is 9.59 Å². The Labute approximate surface area is 149 Å². The van der Waals surface area contributed by atoms with Crippen LogP contribution in [0.1, 0.15) is 39.2 Å². The molecule has 3 rings (SSSR count). The van der Waals surface area contributed by atoms with Crippen LogP contribution in [0.3, 0.4) is 0 Å². The number of aryl methyl sites for hydroxylation is 1. The Balaban J connectivity index is 1.64. The molecule has 1 N–H and O–H groups in total. The van der Waals surface area contributed by atoms with Crippen LogP contribution in [0.5, 0.6) is 0 Å². The molecule has 2 aliphatic rings. The predicted octanol–water partition coefficient (Wildman–Crippen LogP) is 1.39. The van der Waals surface area contributed by atoms with Gasteiger partial charge in [-0.05, 0) is 52.1 Å². The molecule has 2 saturated heterocycles. The maximum Gasteiger partial charge on any atom is 0.325 e. The SMILES string of the molecule is CC(C)N1C(=O)N[C@](C)([C@H]2CCCN(CCc3cnn(C)c3)C2)C1=O. The van der Waals surface area contributed by atoms with Crippen molar-refractivity contribution in [3.63, 3.8) is 0 Å². The van der Waals surface area contributed by atoms with Gasteiger partial charge in [-0.2, -0.15) is 5.10 Å². The zero-order valence-electron chi connectivity index (χ0n) is 15.7. The van der Waals surface area contributed by atoms with Gasteiger partial charge in [-0.3, -0.25) is 14.4 Å². The van der Waals surface area contributed by atoms with E-state index in [9.17, 15) is 9.59 Å². The summed E-state index contributed by atoms with van der Waals surface area (Å²) in [6.45, 7) is 8.49. The van der Waals surface area contributed by atoms with Gasteiger partial charge in [0.1, 0.15) is 5.54 Å². The normalized spacial score (nSPS) is 28.0. The number of hydrogen-bond acceptors (Lipinski definition) is 4. The largest absolute Gasteiger partial charge is 0.325 e. The summed E-state index contributed by atoms with van der Waals surface area (Å²) in [7, 11) is 1.93. The predicted molar refractivity (Wildman–Crippen MR) is 95.0 cm³/mol. The molecule has 7 heteroatoms. The quantitative estimate of drug-likeness (QED) is 0.817. The van der Waals surface area contributed by atoms with Crippen molar-refractivity contribution in [3.8, 4) is 0 Å². The highest BCUT2D eigenvalue weighted by Gasteiger charge is 2.53. The fourth-order valence-electron chi connectivity index (χ4n) is 4.04. The molecule has 0 bridgehead atoms. The number of piperidine rings is 1. The highest BCUT2D eigenvalue weighted by Crippen LogP contribution is 2.33. The van der Waals surface area contributed by atoms with Crippen LogP contribution in [0.4, 0.5) is 4.79 Å². The van der Waals surface area contributed by atoms with E-state index in [0.29, 0.717) is 0 Å². The Morgan fingerprint density at radius 2 is 2.16 bits per heavy atom. The third-order valence-corrected chi connectivity index (χ3v) is 5.56. The lowest BCUT2D eigenvalue weighted by molar-refractivity contribution is -0.134. The number of hydrogen-bond donors (Lipinski definition) is 1. The lowest BCUT2D eigenvalue weighted by Crippen LogP contribution is -2.56. The summed E-state index contributed by atoms with van der Waals surface area (Å²) < 4.78 is 1.82. The van der Waals surface area contributed by atoms with Gasteiger partial charge in [-0.1, -0.05) is 0 Å². The second kappa shape index (κ2) is 6.78. The zero-order valence-corrected chi connectivity index (χ0v) is 15.7. The van der Waals surface area contributed by atoms with Crippen LogP contribution in [0.25, 0.3) is 0 Å². The number of nitrogens with one attached hydrogen (secondary N) is 1. The fourth-order valence-corrected chi connectivity index (χ4v) is 4.04. The van der Waals surface area contributed by atoms with Crippen molar-refractivity contribution in [1.29, 1.82) is 0 Å². The van der Waals surface area contributed by atoms with Crippen LogP contribution in [-0.2, 0) is 18.3 Å². The van der Waals surface area contributed by atoms with Crippen LogP contribution < -0.4 is 5.32 Å². The standard InChI is InChI=1S/C18H29N5O2/c1-13(2)23-16(24)18(3,20-17(23)25)15-6-5-8-22(12-15)9-7-14-10-19-21(4)11-14/h10-11,13,15H,5-9,12H2,1-4H3,(H,20,25)/t15-,18+/m0/s1. The Morgan fingerprint density at radius 3 is 2.76 bits per heavy atom. The molecule has 25 heavy (non-hydrogen) atoms. The molecular weight excluding hydrogens is 318 g/mol. The summed E-state index contributed by atoms with van der Waals surface area (Å²) >= 11 is 0. The number of rotatable bonds is 5. The molecule has 3 heterocycles. The van der Waals surface area contributed by atoms with E-state index in [0.717, 1.165) is 38.9 Å². The molecule has 0 radical (unpaired) electrons. The third-order valence-electron chi connectivity index (χ3n) is 5.56. The van der Waals surface area contributed by atoms with E-state index in [4.69, 9.17) is 0 Å². The minimum atomic E-state index is -0.783. The molecule has 2 atom stereocenters. The molecule has 0 aromatic carbocycles. The van der Waals surface area contributed by atoms with Gasteiger partial charge in [0.25, 0.3) is 5.91 Å². The van der Waals surface area contributed by atoms with E-state index in [-0.39, 0.29) is 23.9 Å². The molecule has 0 saturated carbocycles. The molecular formula is C18H29N5O2. The molecule has 0 aliphatic carbocycles. The first-order valence-electron chi connectivity index (χ1n) is 9.17. The van der Waals surface area contributed by atoms with Crippen LogP contribution in [0.2, 0.25) is 0 Å². The van der Waals surface area contributed by atoms with Crippen molar-refractivity contribution >= 4 is 11.9 Å². The molecule has 7 nitrogen and oxygen atoms in total. The average molecular weight is 347 g/mol.